The molecule has 0 saturated carbocycles. The van der Waals surface area contributed by atoms with E-state index in [4.69, 9.17) is 9.57 Å². The van der Waals surface area contributed by atoms with Crippen LogP contribution in [0.3, 0.4) is 0 Å². The summed E-state index contributed by atoms with van der Waals surface area (Å²) in [5, 5.41) is 1.69. The maximum Gasteiger partial charge on any atom is 0.259 e. The van der Waals surface area contributed by atoms with E-state index in [1.165, 1.54) is 23.3 Å². The summed E-state index contributed by atoms with van der Waals surface area (Å²) in [4.78, 5) is 42.8. The Labute approximate surface area is 231 Å². The summed E-state index contributed by atoms with van der Waals surface area (Å²) in [5.74, 6) is 0.136. The monoisotopic (exact) mass is 542 g/mol. The third-order valence-electron chi connectivity index (χ3n) is 6.43. The number of thiazole rings is 1. The van der Waals surface area contributed by atoms with Gasteiger partial charge >= 0.3 is 0 Å². The number of hydroxylamine groups is 1. The number of para-hydroxylation sites is 1. The van der Waals surface area contributed by atoms with Crippen molar-refractivity contribution in [1.82, 2.24) is 14.9 Å². The normalized spacial score (nSPS) is 14.1. The van der Waals surface area contributed by atoms with Gasteiger partial charge in [0.2, 0.25) is 5.13 Å². The van der Waals surface area contributed by atoms with Crippen LogP contribution in [-0.2, 0) is 16.0 Å². The first-order valence-corrected chi connectivity index (χ1v) is 13.8. The minimum Gasteiger partial charge on any atom is -0.379 e. The average Bonchev–Trinajstić information content (AvgIpc) is 3.40. The molecular weight excluding hydrogens is 512 g/mol. The molecule has 1 fully saturated rings. The Balaban J connectivity index is 1.39. The molecular formula is C30H30N4O4S. The van der Waals surface area contributed by atoms with E-state index in [0.717, 1.165) is 60.6 Å². The molecule has 39 heavy (non-hydrogen) atoms. The van der Waals surface area contributed by atoms with Crippen LogP contribution < -0.4 is 9.90 Å². The van der Waals surface area contributed by atoms with Crippen molar-refractivity contribution in [2.75, 3.05) is 37.9 Å². The Morgan fingerprint density at radius 2 is 1.90 bits per heavy atom. The summed E-state index contributed by atoms with van der Waals surface area (Å²) < 4.78 is 6.43. The molecule has 2 aromatic carbocycles. The zero-order valence-electron chi connectivity index (χ0n) is 21.8. The number of ketones is 1. The van der Waals surface area contributed by atoms with Gasteiger partial charge in [0, 0.05) is 38.0 Å². The Kier molecular flexibility index (Phi) is 8.72. The third-order valence-corrected chi connectivity index (χ3v) is 7.44. The largest absolute Gasteiger partial charge is 0.379 e. The fourth-order valence-corrected chi connectivity index (χ4v) is 5.32. The molecule has 4 aromatic rings. The number of pyridine rings is 1. The summed E-state index contributed by atoms with van der Waals surface area (Å²) in [6.45, 7) is 5.69. The maximum absolute atomic E-state index is 13.0. The number of hydrogen-bond acceptors (Lipinski definition) is 8. The number of ether oxygens (including phenoxy) is 1. The van der Waals surface area contributed by atoms with Crippen molar-refractivity contribution in [1.29, 1.82) is 0 Å². The lowest BCUT2D eigenvalue weighted by molar-refractivity contribution is -0.120. The van der Waals surface area contributed by atoms with Crippen LogP contribution in [0.25, 0.3) is 16.3 Å². The van der Waals surface area contributed by atoms with E-state index in [1.807, 2.05) is 42.5 Å². The van der Waals surface area contributed by atoms with Gasteiger partial charge in [0.15, 0.2) is 11.5 Å². The molecule has 1 amide bonds. The highest BCUT2D eigenvalue weighted by Crippen LogP contribution is 2.31. The molecule has 0 atom stereocenters. The first-order valence-electron chi connectivity index (χ1n) is 13.0. The summed E-state index contributed by atoms with van der Waals surface area (Å²) >= 11 is 1.39. The molecule has 1 aliphatic heterocycles. The van der Waals surface area contributed by atoms with E-state index < -0.39 is 0 Å². The van der Waals surface area contributed by atoms with Crippen LogP contribution in [0.1, 0.15) is 34.8 Å². The number of carbonyl (C=O) groups excluding carboxylic acids is 2. The number of allylic oxidation sites excluding steroid dienone is 1. The van der Waals surface area contributed by atoms with Gasteiger partial charge in [-0.05, 0) is 79.1 Å². The van der Waals surface area contributed by atoms with Gasteiger partial charge in [-0.15, -0.1) is 5.06 Å². The second-order valence-corrected chi connectivity index (χ2v) is 10.2. The minimum atomic E-state index is -0.284. The van der Waals surface area contributed by atoms with Crippen molar-refractivity contribution >= 4 is 44.5 Å². The van der Waals surface area contributed by atoms with Crippen LogP contribution >= 0.6 is 11.3 Å². The number of carbonyl (C=O) groups is 2. The van der Waals surface area contributed by atoms with Crippen LogP contribution in [0.2, 0.25) is 0 Å². The fraction of sp³-hybridized carbons (Fsp3) is 0.267. The van der Waals surface area contributed by atoms with Gasteiger partial charge in [-0.3, -0.25) is 19.5 Å². The molecule has 9 heteroatoms. The number of fused-ring (bicyclic) bond motifs is 1. The SMILES string of the molecule is CC(=O)N(Oc1ccc(C(=O)/C=C/c2ccncc2)cc1CCCN1CCOCC1)c1nc2ccccc2s1. The molecule has 0 bridgehead atoms. The summed E-state index contributed by atoms with van der Waals surface area (Å²) in [6.07, 6.45) is 8.28. The summed E-state index contributed by atoms with van der Waals surface area (Å²) in [6, 6.07) is 16.8. The molecule has 8 nitrogen and oxygen atoms in total. The van der Waals surface area contributed by atoms with Gasteiger partial charge < -0.3 is 9.57 Å². The number of nitrogens with zero attached hydrogens (tertiary/aromatic N) is 4. The minimum absolute atomic E-state index is 0.109. The van der Waals surface area contributed by atoms with Crippen molar-refractivity contribution in [2.45, 2.75) is 19.8 Å². The molecule has 200 valence electrons. The molecule has 5 rings (SSSR count). The Morgan fingerprint density at radius 1 is 1.10 bits per heavy atom. The number of amides is 1. The van der Waals surface area contributed by atoms with Gasteiger partial charge in [-0.2, -0.15) is 0 Å². The topological polar surface area (TPSA) is 84.9 Å². The highest BCUT2D eigenvalue weighted by atomic mass is 32.1. The van der Waals surface area contributed by atoms with Gasteiger partial charge in [-0.1, -0.05) is 29.5 Å². The van der Waals surface area contributed by atoms with Crippen LogP contribution in [0.5, 0.6) is 5.75 Å². The van der Waals surface area contributed by atoms with Crippen molar-refractivity contribution in [3.8, 4) is 5.75 Å². The molecule has 1 aliphatic rings. The molecule has 3 heterocycles. The zero-order valence-corrected chi connectivity index (χ0v) is 22.6. The van der Waals surface area contributed by atoms with Gasteiger partial charge in [-0.25, -0.2) is 4.98 Å². The van der Waals surface area contributed by atoms with Crippen LogP contribution in [0, 0.1) is 0 Å². The predicted octanol–water partition coefficient (Wildman–Crippen LogP) is 5.20. The first-order chi connectivity index (χ1) is 19.1. The lowest BCUT2D eigenvalue weighted by Crippen LogP contribution is -2.37. The summed E-state index contributed by atoms with van der Waals surface area (Å²) in [5.41, 5.74) is 3.12. The molecule has 0 N–H and O–H groups in total. The molecule has 0 spiro atoms. The number of morpholine rings is 1. The second kappa shape index (κ2) is 12.8. The fourth-order valence-electron chi connectivity index (χ4n) is 4.36. The van der Waals surface area contributed by atoms with Crippen LogP contribution in [-0.4, -0.2) is 59.4 Å². The molecule has 0 radical (unpaired) electrons. The molecule has 1 saturated heterocycles. The van der Waals surface area contributed by atoms with E-state index in [-0.39, 0.29) is 11.7 Å². The highest BCUT2D eigenvalue weighted by Gasteiger charge is 2.21. The molecule has 0 unspecified atom stereocenters. The molecule has 2 aromatic heterocycles. The lowest BCUT2D eigenvalue weighted by atomic mass is 10.0. The third kappa shape index (κ3) is 6.94. The van der Waals surface area contributed by atoms with Gasteiger partial charge in [0.25, 0.3) is 5.91 Å². The van der Waals surface area contributed by atoms with Gasteiger partial charge in [0.05, 0.1) is 23.4 Å². The smallest absolute Gasteiger partial charge is 0.259 e. The first kappa shape index (κ1) is 26.7. The predicted molar refractivity (Wildman–Crippen MR) is 153 cm³/mol. The number of hydrogen-bond donors (Lipinski definition) is 0. The number of aryl methyl sites for hydroxylation is 1. The van der Waals surface area contributed by atoms with Crippen molar-refractivity contribution in [3.05, 3.63) is 89.8 Å². The number of anilines is 1. The number of aromatic nitrogens is 2. The maximum atomic E-state index is 13.0. The van der Waals surface area contributed by atoms with E-state index in [1.54, 1.807) is 36.7 Å². The number of benzene rings is 2. The quantitative estimate of drug-likeness (QED) is 0.155. The average molecular weight is 543 g/mol. The van der Waals surface area contributed by atoms with E-state index in [0.29, 0.717) is 22.9 Å². The second-order valence-electron chi connectivity index (χ2n) is 9.23. The van der Waals surface area contributed by atoms with Crippen molar-refractivity contribution in [2.24, 2.45) is 0 Å². The molecule has 0 aliphatic carbocycles. The van der Waals surface area contributed by atoms with Crippen LogP contribution in [0.4, 0.5) is 5.13 Å². The Morgan fingerprint density at radius 3 is 2.67 bits per heavy atom. The standard InChI is InChI=1S/C30H30N4O4S/c1-22(35)34(30-32-26-6-2-3-7-29(26)39-30)38-28-11-9-24(27(36)10-8-23-12-14-31-15-13-23)21-25(28)5-4-16-33-17-19-37-20-18-33/h2-3,6-15,21H,4-5,16-20H2,1H3/b10-8+. The van der Waals surface area contributed by atoms with Gasteiger partial charge in [0.1, 0.15) is 0 Å². The lowest BCUT2D eigenvalue weighted by Gasteiger charge is -2.26. The highest BCUT2D eigenvalue weighted by molar-refractivity contribution is 7.22. The summed E-state index contributed by atoms with van der Waals surface area (Å²) in [7, 11) is 0. The van der Waals surface area contributed by atoms with Crippen molar-refractivity contribution < 1.29 is 19.2 Å². The van der Waals surface area contributed by atoms with E-state index >= 15 is 0 Å². The Hall–Kier alpha value is -3.92. The Bertz CT molecular complexity index is 1430. The van der Waals surface area contributed by atoms with E-state index in [2.05, 4.69) is 14.9 Å². The van der Waals surface area contributed by atoms with Crippen LogP contribution in [0.15, 0.2) is 73.1 Å². The number of rotatable bonds is 10. The zero-order chi connectivity index (χ0) is 27.0. The van der Waals surface area contributed by atoms with E-state index in [9.17, 15) is 9.59 Å². The van der Waals surface area contributed by atoms with Crippen molar-refractivity contribution in [3.63, 3.8) is 0 Å².